The van der Waals surface area contributed by atoms with Crippen molar-refractivity contribution in [3.63, 3.8) is 0 Å². The third-order valence-corrected chi connectivity index (χ3v) is 5.68. The number of nitrogens with one attached hydrogen (secondary N) is 1. The molecule has 2 aromatic carbocycles. The Balaban J connectivity index is 1.14. The van der Waals surface area contributed by atoms with Gasteiger partial charge < -0.3 is 19.5 Å². The van der Waals surface area contributed by atoms with Crippen molar-refractivity contribution >= 4 is 6.03 Å². The molecule has 1 aliphatic carbocycles. The summed E-state index contributed by atoms with van der Waals surface area (Å²) in [6.07, 6.45) is 4.65. The molecule has 30 heavy (non-hydrogen) atoms. The van der Waals surface area contributed by atoms with Crippen molar-refractivity contribution in [2.24, 2.45) is 0 Å². The van der Waals surface area contributed by atoms with E-state index < -0.39 is 0 Å². The summed E-state index contributed by atoms with van der Waals surface area (Å²) in [6.45, 7) is 1.23. The van der Waals surface area contributed by atoms with Gasteiger partial charge in [0.25, 0.3) is 5.89 Å². The second kappa shape index (κ2) is 8.18. The van der Waals surface area contributed by atoms with E-state index in [1.165, 1.54) is 12.8 Å². The van der Waals surface area contributed by atoms with Crippen LogP contribution in [0, 0.1) is 0 Å². The van der Waals surface area contributed by atoms with Crippen molar-refractivity contribution in [2.75, 3.05) is 13.1 Å². The number of nitrogens with zero attached hydrogens (tertiary/aromatic N) is 3. The largest absolute Gasteiger partial charge is 0.487 e. The van der Waals surface area contributed by atoms with E-state index in [2.05, 4.69) is 15.5 Å². The first kappa shape index (κ1) is 18.7. The maximum atomic E-state index is 12.2. The lowest BCUT2D eigenvalue weighted by Crippen LogP contribution is -2.59. The van der Waals surface area contributed by atoms with Crippen LogP contribution < -0.4 is 10.1 Å². The SMILES string of the molecule is O=C(NC1CCCC1)N1CC(Oc2ccc(-c3noc(-c4ccccc4)n3)cc2)C1. The Morgan fingerprint density at radius 2 is 1.73 bits per heavy atom. The molecule has 7 nitrogen and oxygen atoms in total. The van der Waals surface area contributed by atoms with Crippen LogP contribution in [0.5, 0.6) is 5.75 Å². The van der Waals surface area contributed by atoms with Gasteiger partial charge >= 0.3 is 6.03 Å². The molecule has 2 amide bonds. The second-order valence-corrected chi connectivity index (χ2v) is 7.89. The maximum Gasteiger partial charge on any atom is 0.317 e. The number of benzene rings is 2. The molecule has 1 N–H and O–H groups in total. The van der Waals surface area contributed by atoms with Gasteiger partial charge in [0.1, 0.15) is 11.9 Å². The third-order valence-electron chi connectivity index (χ3n) is 5.68. The smallest absolute Gasteiger partial charge is 0.317 e. The molecule has 1 aliphatic heterocycles. The first-order valence-electron chi connectivity index (χ1n) is 10.5. The van der Waals surface area contributed by atoms with Crippen LogP contribution in [0.4, 0.5) is 4.79 Å². The summed E-state index contributed by atoms with van der Waals surface area (Å²) in [5, 5.41) is 7.19. The summed E-state index contributed by atoms with van der Waals surface area (Å²) in [5.41, 5.74) is 1.75. The lowest BCUT2D eigenvalue weighted by molar-refractivity contribution is 0.0435. The lowest BCUT2D eigenvalue weighted by Gasteiger charge is -2.39. The van der Waals surface area contributed by atoms with Crippen LogP contribution in [0.1, 0.15) is 25.7 Å². The van der Waals surface area contributed by atoms with Crippen molar-refractivity contribution in [2.45, 2.75) is 37.8 Å². The zero-order valence-corrected chi connectivity index (χ0v) is 16.7. The van der Waals surface area contributed by atoms with Crippen molar-refractivity contribution in [1.29, 1.82) is 0 Å². The van der Waals surface area contributed by atoms with Gasteiger partial charge in [-0.1, -0.05) is 36.2 Å². The van der Waals surface area contributed by atoms with Gasteiger partial charge in [-0.2, -0.15) is 4.98 Å². The summed E-state index contributed by atoms with van der Waals surface area (Å²) in [4.78, 5) is 18.5. The first-order valence-corrected chi connectivity index (χ1v) is 10.5. The summed E-state index contributed by atoms with van der Waals surface area (Å²) in [6, 6.07) is 17.7. The minimum Gasteiger partial charge on any atom is -0.487 e. The van der Waals surface area contributed by atoms with E-state index in [1.54, 1.807) is 0 Å². The lowest BCUT2D eigenvalue weighted by atomic mass is 10.1. The van der Waals surface area contributed by atoms with Crippen LogP contribution >= 0.6 is 0 Å². The van der Waals surface area contributed by atoms with Crippen LogP contribution in [0.3, 0.4) is 0 Å². The molecule has 0 bridgehead atoms. The number of ether oxygens (including phenoxy) is 1. The molecular formula is C23H24N4O3. The summed E-state index contributed by atoms with van der Waals surface area (Å²) in [7, 11) is 0. The second-order valence-electron chi connectivity index (χ2n) is 7.89. The molecule has 0 spiro atoms. The Morgan fingerprint density at radius 3 is 2.47 bits per heavy atom. The first-order chi connectivity index (χ1) is 14.7. The zero-order valence-electron chi connectivity index (χ0n) is 16.7. The van der Waals surface area contributed by atoms with Crippen LogP contribution in [0.15, 0.2) is 59.1 Å². The standard InChI is InChI=1S/C23H24N4O3/c28-23(24-18-8-4-5-9-18)27-14-20(15-27)29-19-12-10-16(11-13-19)21-25-22(30-26-21)17-6-2-1-3-7-17/h1-3,6-7,10-13,18,20H,4-5,8-9,14-15H2,(H,24,28). The molecule has 3 aromatic rings. The van der Waals surface area contributed by atoms with Crippen molar-refractivity contribution in [1.82, 2.24) is 20.4 Å². The van der Waals surface area contributed by atoms with E-state index in [0.717, 1.165) is 29.7 Å². The van der Waals surface area contributed by atoms with Gasteiger partial charge in [-0.25, -0.2) is 4.79 Å². The number of hydrogen-bond donors (Lipinski definition) is 1. The Bertz CT molecular complexity index is 991. The number of likely N-dealkylation sites (tertiary alicyclic amines) is 1. The predicted octanol–water partition coefficient (Wildman–Crippen LogP) is 4.12. The van der Waals surface area contributed by atoms with Crippen LogP contribution in [0.25, 0.3) is 22.8 Å². The van der Waals surface area contributed by atoms with Gasteiger partial charge in [-0.15, -0.1) is 0 Å². The fourth-order valence-electron chi connectivity index (χ4n) is 3.93. The molecule has 1 saturated heterocycles. The Morgan fingerprint density at radius 1 is 1.00 bits per heavy atom. The summed E-state index contributed by atoms with van der Waals surface area (Å²) in [5.74, 6) is 1.81. The van der Waals surface area contributed by atoms with Crippen LogP contribution in [-0.2, 0) is 0 Å². The molecule has 154 valence electrons. The topological polar surface area (TPSA) is 80.5 Å². The van der Waals surface area contributed by atoms with E-state index in [1.807, 2.05) is 59.5 Å². The van der Waals surface area contributed by atoms with E-state index in [4.69, 9.17) is 9.26 Å². The predicted molar refractivity (Wildman–Crippen MR) is 112 cm³/mol. The van der Waals surface area contributed by atoms with E-state index in [-0.39, 0.29) is 12.1 Å². The monoisotopic (exact) mass is 404 g/mol. The Hall–Kier alpha value is -3.35. The highest BCUT2D eigenvalue weighted by atomic mass is 16.5. The fourth-order valence-corrected chi connectivity index (χ4v) is 3.93. The minimum atomic E-state index is 0.0278. The molecule has 5 rings (SSSR count). The molecular weight excluding hydrogens is 380 g/mol. The van der Waals surface area contributed by atoms with Gasteiger partial charge in [0.05, 0.1) is 13.1 Å². The Labute approximate surface area is 175 Å². The highest BCUT2D eigenvalue weighted by molar-refractivity contribution is 5.75. The number of urea groups is 1. The fraction of sp³-hybridized carbons (Fsp3) is 0.348. The van der Waals surface area contributed by atoms with E-state index in [9.17, 15) is 4.79 Å². The van der Waals surface area contributed by atoms with Crippen molar-refractivity contribution in [3.05, 3.63) is 54.6 Å². The van der Waals surface area contributed by atoms with Crippen LogP contribution in [0.2, 0.25) is 0 Å². The Kier molecular flexibility index (Phi) is 5.09. The molecule has 0 unspecified atom stereocenters. The molecule has 0 radical (unpaired) electrons. The third kappa shape index (κ3) is 4.01. The van der Waals surface area contributed by atoms with Crippen molar-refractivity contribution < 1.29 is 14.1 Å². The van der Waals surface area contributed by atoms with Gasteiger partial charge in [0.15, 0.2) is 0 Å². The van der Waals surface area contributed by atoms with Gasteiger partial charge in [-0.3, -0.25) is 0 Å². The number of carbonyl (C=O) groups excluding carboxylic acids is 1. The summed E-state index contributed by atoms with van der Waals surface area (Å²) >= 11 is 0. The highest BCUT2D eigenvalue weighted by Crippen LogP contribution is 2.25. The molecule has 2 fully saturated rings. The van der Waals surface area contributed by atoms with Gasteiger partial charge in [-0.05, 0) is 49.2 Å². The average molecular weight is 404 g/mol. The van der Waals surface area contributed by atoms with E-state index >= 15 is 0 Å². The molecule has 2 aliphatic rings. The normalized spacial score (nSPS) is 17.0. The zero-order chi connectivity index (χ0) is 20.3. The quantitative estimate of drug-likeness (QED) is 0.692. The van der Waals surface area contributed by atoms with Gasteiger partial charge in [0, 0.05) is 17.2 Å². The maximum absolute atomic E-state index is 12.2. The highest BCUT2D eigenvalue weighted by Gasteiger charge is 2.33. The van der Waals surface area contributed by atoms with Gasteiger partial charge in [0.2, 0.25) is 5.82 Å². The number of carbonyl (C=O) groups is 1. The molecule has 1 saturated carbocycles. The number of rotatable bonds is 5. The number of amides is 2. The van der Waals surface area contributed by atoms with E-state index in [0.29, 0.717) is 30.8 Å². The average Bonchev–Trinajstić information content (AvgIpc) is 3.44. The number of hydrogen-bond acceptors (Lipinski definition) is 5. The molecule has 7 heteroatoms. The van der Waals surface area contributed by atoms with Crippen LogP contribution in [-0.4, -0.2) is 46.3 Å². The molecule has 0 atom stereocenters. The van der Waals surface area contributed by atoms with Crippen molar-refractivity contribution in [3.8, 4) is 28.6 Å². The molecule has 2 heterocycles. The minimum absolute atomic E-state index is 0.0278. The summed E-state index contributed by atoms with van der Waals surface area (Å²) < 4.78 is 11.4. The molecule has 1 aromatic heterocycles. The number of aromatic nitrogens is 2.